The van der Waals surface area contributed by atoms with Gasteiger partial charge in [-0.15, -0.1) is 0 Å². The maximum absolute atomic E-state index is 12.9. The SMILES string of the molecule is NS(=O)(=O)c1ccc(-c2ccc(/C=C3\SC(=S)N(Cc4ccc5c(c4)OCO5)C3=O)o2)cc1. The summed E-state index contributed by atoms with van der Waals surface area (Å²) in [7, 11) is -3.77. The lowest BCUT2D eigenvalue weighted by molar-refractivity contribution is -0.122. The Hall–Kier alpha value is -3.12. The predicted molar refractivity (Wildman–Crippen MR) is 127 cm³/mol. The van der Waals surface area contributed by atoms with Gasteiger partial charge in [0.15, 0.2) is 11.5 Å². The Morgan fingerprint density at radius 3 is 2.58 bits per heavy atom. The van der Waals surface area contributed by atoms with Crippen molar-refractivity contribution in [1.29, 1.82) is 0 Å². The normalized spacial score (nSPS) is 16.8. The van der Waals surface area contributed by atoms with Crippen molar-refractivity contribution in [3.63, 3.8) is 0 Å². The first-order valence-corrected chi connectivity index (χ1v) is 12.4. The van der Waals surface area contributed by atoms with E-state index in [2.05, 4.69) is 0 Å². The molecule has 2 aliphatic heterocycles. The number of furan rings is 1. The molecule has 5 rings (SSSR count). The third kappa shape index (κ3) is 4.40. The Morgan fingerprint density at radius 2 is 1.82 bits per heavy atom. The second-order valence-corrected chi connectivity index (χ2v) is 10.5. The first kappa shape index (κ1) is 21.7. The molecule has 33 heavy (non-hydrogen) atoms. The Morgan fingerprint density at radius 1 is 1.06 bits per heavy atom. The third-order valence-corrected chi connectivity index (χ3v) is 7.33. The number of benzene rings is 2. The number of carbonyl (C=O) groups is 1. The van der Waals surface area contributed by atoms with E-state index in [1.165, 1.54) is 28.8 Å². The molecule has 0 radical (unpaired) electrons. The molecule has 0 spiro atoms. The molecule has 0 aliphatic carbocycles. The molecule has 2 aliphatic rings. The number of sulfonamides is 1. The molecule has 0 atom stereocenters. The molecular weight excluding hydrogens is 484 g/mol. The minimum Gasteiger partial charge on any atom is -0.457 e. The molecule has 3 heterocycles. The molecule has 2 N–H and O–H groups in total. The summed E-state index contributed by atoms with van der Waals surface area (Å²) >= 11 is 6.62. The smallest absolute Gasteiger partial charge is 0.266 e. The number of rotatable bonds is 5. The van der Waals surface area contributed by atoms with E-state index in [-0.39, 0.29) is 17.6 Å². The van der Waals surface area contributed by atoms with Crippen LogP contribution in [0.15, 0.2) is 68.8 Å². The van der Waals surface area contributed by atoms with Gasteiger partial charge >= 0.3 is 0 Å². The number of hydrogen-bond acceptors (Lipinski definition) is 8. The minimum absolute atomic E-state index is 0.0177. The number of fused-ring (bicyclic) bond motifs is 1. The van der Waals surface area contributed by atoms with Gasteiger partial charge in [0.25, 0.3) is 5.91 Å². The first-order chi connectivity index (χ1) is 15.8. The Kier molecular flexibility index (Phi) is 5.49. The number of thiocarbonyl (C=S) groups is 1. The van der Waals surface area contributed by atoms with Gasteiger partial charge in [0.1, 0.15) is 15.8 Å². The monoisotopic (exact) mass is 500 g/mol. The number of thioether (sulfide) groups is 1. The lowest BCUT2D eigenvalue weighted by Gasteiger charge is -2.14. The minimum atomic E-state index is -3.77. The van der Waals surface area contributed by atoms with Crippen molar-refractivity contribution in [2.45, 2.75) is 11.4 Å². The number of nitrogens with two attached hydrogens (primary N) is 1. The number of carbonyl (C=O) groups excluding carboxylic acids is 1. The Labute approximate surface area is 199 Å². The van der Waals surface area contributed by atoms with Crippen LogP contribution in [0, 0.1) is 0 Å². The predicted octanol–water partition coefficient (Wildman–Crippen LogP) is 3.72. The van der Waals surface area contributed by atoms with Gasteiger partial charge in [-0.25, -0.2) is 13.6 Å². The van der Waals surface area contributed by atoms with Crippen molar-refractivity contribution >= 4 is 50.3 Å². The second-order valence-electron chi connectivity index (χ2n) is 7.23. The van der Waals surface area contributed by atoms with Gasteiger partial charge < -0.3 is 13.9 Å². The lowest BCUT2D eigenvalue weighted by atomic mass is 10.2. The molecule has 1 fully saturated rings. The fourth-order valence-electron chi connectivity index (χ4n) is 3.38. The van der Waals surface area contributed by atoms with E-state index in [4.69, 9.17) is 31.2 Å². The van der Waals surface area contributed by atoms with Gasteiger partial charge in [0.2, 0.25) is 16.8 Å². The fraction of sp³-hybridized carbons (Fsp3) is 0.0909. The summed E-state index contributed by atoms with van der Waals surface area (Å²) in [5.41, 5.74) is 1.55. The van der Waals surface area contributed by atoms with Crippen LogP contribution in [0.25, 0.3) is 17.4 Å². The summed E-state index contributed by atoms with van der Waals surface area (Å²) in [6, 6.07) is 15.0. The van der Waals surface area contributed by atoms with E-state index in [0.29, 0.717) is 44.4 Å². The largest absolute Gasteiger partial charge is 0.457 e. The highest BCUT2D eigenvalue weighted by Crippen LogP contribution is 2.37. The van der Waals surface area contributed by atoms with E-state index in [1.807, 2.05) is 18.2 Å². The van der Waals surface area contributed by atoms with Crippen molar-refractivity contribution < 1.29 is 27.1 Å². The molecule has 0 bridgehead atoms. The van der Waals surface area contributed by atoms with Crippen LogP contribution in [0.3, 0.4) is 0 Å². The number of hydrogen-bond donors (Lipinski definition) is 1. The van der Waals surface area contributed by atoms with Gasteiger partial charge in [-0.3, -0.25) is 9.69 Å². The Bertz CT molecular complexity index is 1410. The van der Waals surface area contributed by atoms with Crippen LogP contribution in [0.4, 0.5) is 0 Å². The topological polar surface area (TPSA) is 112 Å². The summed E-state index contributed by atoms with van der Waals surface area (Å²) in [6.45, 7) is 0.502. The van der Waals surface area contributed by atoms with Gasteiger partial charge in [0.05, 0.1) is 16.3 Å². The van der Waals surface area contributed by atoms with Crippen LogP contribution < -0.4 is 14.6 Å². The first-order valence-electron chi connectivity index (χ1n) is 9.65. The standard InChI is InChI=1S/C22H16N2O6S3/c23-33(26,27)16-5-2-14(3-6-16)17-8-4-15(30-17)10-20-21(25)24(22(31)32-20)11-13-1-7-18-19(9-13)29-12-28-18/h1-10H,11-12H2,(H2,23,26,27)/b20-10-. The molecule has 1 amide bonds. The maximum atomic E-state index is 12.9. The number of nitrogens with zero attached hydrogens (tertiary/aromatic N) is 1. The molecule has 168 valence electrons. The molecule has 11 heteroatoms. The molecule has 0 saturated carbocycles. The van der Waals surface area contributed by atoms with Crippen LogP contribution >= 0.6 is 24.0 Å². The zero-order valence-corrected chi connectivity index (χ0v) is 19.3. The van der Waals surface area contributed by atoms with E-state index >= 15 is 0 Å². The molecule has 0 unspecified atom stereocenters. The van der Waals surface area contributed by atoms with Gasteiger partial charge in [0, 0.05) is 11.6 Å². The highest BCUT2D eigenvalue weighted by molar-refractivity contribution is 8.26. The molecule has 2 aromatic carbocycles. The van der Waals surface area contributed by atoms with Crippen molar-refractivity contribution in [3.05, 3.63) is 70.8 Å². The van der Waals surface area contributed by atoms with Gasteiger partial charge in [-0.2, -0.15) is 0 Å². The zero-order chi connectivity index (χ0) is 23.2. The summed E-state index contributed by atoms with van der Waals surface area (Å²) in [5.74, 6) is 2.12. The molecule has 8 nitrogen and oxygen atoms in total. The lowest BCUT2D eigenvalue weighted by Crippen LogP contribution is -2.27. The highest BCUT2D eigenvalue weighted by atomic mass is 32.2. The third-order valence-electron chi connectivity index (χ3n) is 5.02. The zero-order valence-electron chi connectivity index (χ0n) is 16.9. The summed E-state index contributed by atoms with van der Waals surface area (Å²) < 4.78 is 39.8. The van der Waals surface area contributed by atoms with E-state index in [0.717, 1.165) is 5.56 Å². The summed E-state index contributed by atoms with van der Waals surface area (Å²) in [6.07, 6.45) is 1.64. The van der Waals surface area contributed by atoms with Crippen LogP contribution in [-0.4, -0.2) is 30.3 Å². The summed E-state index contributed by atoms with van der Waals surface area (Å²) in [5, 5.41) is 5.13. The van der Waals surface area contributed by atoms with Crippen molar-refractivity contribution in [3.8, 4) is 22.8 Å². The van der Waals surface area contributed by atoms with E-state index in [1.54, 1.807) is 30.3 Å². The summed E-state index contributed by atoms with van der Waals surface area (Å²) in [4.78, 5) is 14.9. The maximum Gasteiger partial charge on any atom is 0.266 e. The number of ether oxygens (including phenoxy) is 2. The highest BCUT2D eigenvalue weighted by Gasteiger charge is 2.32. The number of primary sulfonamides is 1. The van der Waals surface area contributed by atoms with E-state index < -0.39 is 10.0 Å². The fourth-order valence-corrected chi connectivity index (χ4v) is 5.13. The molecule has 3 aromatic rings. The average Bonchev–Trinajstić information content (AvgIpc) is 3.50. The van der Waals surface area contributed by atoms with Crippen LogP contribution in [0.5, 0.6) is 11.5 Å². The molecular formula is C22H16N2O6S3. The molecule has 1 aromatic heterocycles. The van der Waals surface area contributed by atoms with Crippen LogP contribution in [0.2, 0.25) is 0 Å². The van der Waals surface area contributed by atoms with Crippen molar-refractivity contribution in [2.24, 2.45) is 5.14 Å². The van der Waals surface area contributed by atoms with Gasteiger partial charge in [-0.1, -0.05) is 30.0 Å². The van der Waals surface area contributed by atoms with Crippen molar-refractivity contribution in [1.82, 2.24) is 4.90 Å². The van der Waals surface area contributed by atoms with Crippen molar-refractivity contribution in [2.75, 3.05) is 6.79 Å². The molecule has 1 saturated heterocycles. The number of amides is 1. The van der Waals surface area contributed by atoms with Crippen LogP contribution in [0.1, 0.15) is 11.3 Å². The average molecular weight is 501 g/mol. The Balaban J connectivity index is 1.32. The van der Waals surface area contributed by atoms with Gasteiger partial charge in [-0.05, 0) is 54.1 Å². The van der Waals surface area contributed by atoms with Crippen LogP contribution in [-0.2, 0) is 21.4 Å². The van der Waals surface area contributed by atoms with E-state index in [9.17, 15) is 13.2 Å². The second kappa shape index (κ2) is 8.34. The quantitative estimate of drug-likeness (QED) is 0.417.